The van der Waals surface area contributed by atoms with Crippen molar-refractivity contribution in [3.05, 3.63) is 65.0 Å². The zero-order valence-corrected chi connectivity index (χ0v) is 12.3. The molecule has 1 N–H and O–H groups in total. The van der Waals surface area contributed by atoms with Gasteiger partial charge in [-0.3, -0.25) is 0 Å². The zero-order chi connectivity index (χ0) is 15.4. The van der Waals surface area contributed by atoms with E-state index in [2.05, 4.69) is 10.1 Å². The molecule has 0 aliphatic rings. The summed E-state index contributed by atoms with van der Waals surface area (Å²) in [6, 6.07) is 12.0. The van der Waals surface area contributed by atoms with E-state index < -0.39 is 11.8 Å². The van der Waals surface area contributed by atoms with Gasteiger partial charge in [-0.1, -0.05) is 24.3 Å². The monoisotopic (exact) mass is 287 g/mol. The SMILES string of the molecule is COC(=O)c1ccc(F)c(NC(C)c2ccccc2C)c1. The molecule has 110 valence electrons. The third-order valence-electron chi connectivity index (χ3n) is 3.41. The molecule has 0 aliphatic carbocycles. The summed E-state index contributed by atoms with van der Waals surface area (Å²) in [5, 5.41) is 3.10. The highest BCUT2D eigenvalue weighted by Gasteiger charge is 2.13. The Hall–Kier alpha value is -2.36. The van der Waals surface area contributed by atoms with Crippen molar-refractivity contribution in [2.75, 3.05) is 12.4 Å². The number of ether oxygens (including phenoxy) is 1. The molecule has 2 aromatic rings. The largest absolute Gasteiger partial charge is 0.465 e. The molecule has 1 unspecified atom stereocenters. The molecule has 3 nitrogen and oxygen atoms in total. The van der Waals surface area contributed by atoms with E-state index >= 15 is 0 Å². The third-order valence-corrected chi connectivity index (χ3v) is 3.41. The van der Waals surface area contributed by atoms with Gasteiger partial charge in [0.2, 0.25) is 0 Å². The number of anilines is 1. The highest BCUT2D eigenvalue weighted by atomic mass is 19.1. The number of benzene rings is 2. The first-order valence-electron chi connectivity index (χ1n) is 6.73. The number of esters is 1. The van der Waals surface area contributed by atoms with E-state index in [1.165, 1.54) is 25.3 Å². The van der Waals surface area contributed by atoms with Crippen molar-refractivity contribution < 1.29 is 13.9 Å². The Bertz CT molecular complexity index is 655. The number of methoxy groups -OCH3 is 1. The van der Waals surface area contributed by atoms with Gasteiger partial charge in [-0.2, -0.15) is 0 Å². The number of nitrogens with one attached hydrogen (secondary N) is 1. The second kappa shape index (κ2) is 6.39. The molecule has 0 bridgehead atoms. The van der Waals surface area contributed by atoms with E-state index in [0.717, 1.165) is 11.1 Å². The summed E-state index contributed by atoms with van der Waals surface area (Å²) in [6.45, 7) is 3.96. The molecule has 0 spiro atoms. The number of hydrogen-bond donors (Lipinski definition) is 1. The molecule has 0 saturated heterocycles. The summed E-state index contributed by atoms with van der Waals surface area (Å²) in [6.07, 6.45) is 0. The van der Waals surface area contributed by atoms with E-state index in [0.29, 0.717) is 5.56 Å². The summed E-state index contributed by atoms with van der Waals surface area (Å²) in [4.78, 5) is 11.5. The molecule has 0 radical (unpaired) electrons. The molecular formula is C17H18FNO2. The van der Waals surface area contributed by atoms with Gasteiger partial charge in [0.1, 0.15) is 5.82 Å². The van der Waals surface area contributed by atoms with Crippen LogP contribution in [0.1, 0.15) is 34.5 Å². The topological polar surface area (TPSA) is 38.3 Å². The predicted molar refractivity (Wildman–Crippen MR) is 81.0 cm³/mol. The second-order valence-corrected chi connectivity index (χ2v) is 4.91. The van der Waals surface area contributed by atoms with Crippen LogP contribution in [0.4, 0.5) is 10.1 Å². The maximum atomic E-state index is 13.9. The number of carbonyl (C=O) groups excluding carboxylic acids is 1. The number of halogens is 1. The van der Waals surface area contributed by atoms with Crippen LogP contribution in [0.25, 0.3) is 0 Å². The van der Waals surface area contributed by atoms with Gasteiger partial charge in [-0.15, -0.1) is 0 Å². The van der Waals surface area contributed by atoms with Crippen molar-refractivity contribution in [3.63, 3.8) is 0 Å². The van der Waals surface area contributed by atoms with Gasteiger partial charge in [0.05, 0.1) is 18.4 Å². The fourth-order valence-electron chi connectivity index (χ4n) is 2.26. The van der Waals surface area contributed by atoms with Crippen LogP contribution in [0.2, 0.25) is 0 Å². The number of hydrogen-bond acceptors (Lipinski definition) is 3. The van der Waals surface area contributed by atoms with Crippen LogP contribution in [0, 0.1) is 12.7 Å². The number of aryl methyl sites for hydroxylation is 1. The lowest BCUT2D eigenvalue weighted by molar-refractivity contribution is 0.0600. The Balaban J connectivity index is 2.27. The molecule has 21 heavy (non-hydrogen) atoms. The molecule has 0 fully saturated rings. The molecular weight excluding hydrogens is 269 g/mol. The summed E-state index contributed by atoms with van der Waals surface area (Å²) in [7, 11) is 1.30. The van der Waals surface area contributed by atoms with Gasteiger partial charge in [0.15, 0.2) is 0 Å². The molecule has 0 heterocycles. The number of carbonyl (C=O) groups is 1. The second-order valence-electron chi connectivity index (χ2n) is 4.91. The summed E-state index contributed by atoms with van der Waals surface area (Å²) >= 11 is 0. The minimum atomic E-state index is -0.485. The van der Waals surface area contributed by atoms with Crippen molar-refractivity contribution in [1.29, 1.82) is 0 Å². The molecule has 0 aliphatic heterocycles. The van der Waals surface area contributed by atoms with E-state index in [-0.39, 0.29) is 11.7 Å². The van der Waals surface area contributed by atoms with Gasteiger partial charge in [-0.05, 0) is 43.2 Å². The van der Waals surface area contributed by atoms with Gasteiger partial charge in [0, 0.05) is 6.04 Å². The van der Waals surface area contributed by atoms with Crippen molar-refractivity contribution in [1.82, 2.24) is 0 Å². The minimum Gasteiger partial charge on any atom is -0.465 e. The molecule has 0 aromatic heterocycles. The number of rotatable bonds is 4. The molecule has 0 saturated carbocycles. The molecule has 0 amide bonds. The highest BCUT2D eigenvalue weighted by Crippen LogP contribution is 2.24. The van der Waals surface area contributed by atoms with Crippen LogP contribution in [-0.4, -0.2) is 13.1 Å². The molecule has 4 heteroatoms. The van der Waals surface area contributed by atoms with Crippen LogP contribution >= 0.6 is 0 Å². The maximum Gasteiger partial charge on any atom is 0.337 e. The van der Waals surface area contributed by atoms with Gasteiger partial charge in [-0.25, -0.2) is 9.18 Å². The van der Waals surface area contributed by atoms with Crippen molar-refractivity contribution in [2.24, 2.45) is 0 Å². The van der Waals surface area contributed by atoms with Crippen LogP contribution < -0.4 is 5.32 Å². The van der Waals surface area contributed by atoms with Crippen molar-refractivity contribution in [3.8, 4) is 0 Å². The first-order valence-corrected chi connectivity index (χ1v) is 6.73. The van der Waals surface area contributed by atoms with Crippen LogP contribution in [0.3, 0.4) is 0 Å². The smallest absolute Gasteiger partial charge is 0.337 e. The van der Waals surface area contributed by atoms with Gasteiger partial charge < -0.3 is 10.1 Å². The quantitative estimate of drug-likeness (QED) is 0.861. The average Bonchev–Trinajstić information content (AvgIpc) is 2.49. The van der Waals surface area contributed by atoms with E-state index in [4.69, 9.17) is 0 Å². The van der Waals surface area contributed by atoms with E-state index in [1.807, 2.05) is 38.1 Å². The Morgan fingerprint density at radius 1 is 1.24 bits per heavy atom. The van der Waals surface area contributed by atoms with Crippen molar-refractivity contribution >= 4 is 11.7 Å². The van der Waals surface area contributed by atoms with Crippen LogP contribution in [0.15, 0.2) is 42.5 Å². The normalized spacial score (nSPS) is 11.8. The minimum absolute atomic E-state index is 0.0754. The maximum absolute atomic E-state index is 13.9. The Morgan fingerprint density at radius 2 is 1.95 bits per heavy atom. The van der Waals surface area contributed by atoms with E-state index in [9.17, 15) is 9.18 Å². The van der Waals surface area contributed by atoms with Crippen molar-refractivity contribution in [2.45, 2.75) is 19.9 Å². The van der Waals surface area contributed by atoms with Gasteiger partial charge >= 0.3 is 5.97 Å². The summed E-state index contributed by atoms with van der Waals surface area (Å²) < 4.78 is 18.5. The Labute approximate surface area is 123 Å². The fraction of sp³-hybridized carbons (Fsp3) is 0.235. The third kappa shape index (κ3) is 3.40. The highest BCUT2D eigenvalue weighted by molar-refractivity contribution is 5.90. The van der Waals surface area contributed by atoms with Gasteiger partial charge in [0.25, 0.3) is 0 Å². The summed E-state index contributed by atoms with van der Waals surface area (Å²) in [5.41, 5.74) is 2.81. The lowest BCUT2D eigenvalue weighted by Gasteiger charge is -2.18. The average molecular weight is 287 g/mol. The first kappa shape index (κ1) is 15.0. The van der Waals surface area contributed by atoms with Crippen LogP contribution in [-0.2, 0) is 4.74 Å². The molecule has 1 atom stereocenters. The van der Waals surface area contributed by atoms with Crippen LogP contribution in [0.5, 0.6) is 0 Å². The van der Waals surface area contributed by atoms with E-state index in [1.54, 1.807) is 0 Å². The lowest BCUT2D eigenvalue weighted by atomic mass is 10.0. The Kier molecular flexibility index (Phi) is 4.58. The molecule has 2 rings (SSSR count). The Morgan fingerprint density at radius 3 is 2.62 bits per heavy atom. The first-order chi connectivity index (χ1) is 10.0. The molecule has 2 aromatic carbocycles. The zero-order valence-electron chi connectivity index (χ0n) is 12.3. The summed E-state index contributed by atoms with van der Waals surface area (Å²) in [5.74, 6) is -0.885. The predicted octanol–water partition coefficient (Wildman–Crippen LogP) is 4.09. The fourth-order valence-corrected chi connectivity index (χ4v) is 2.26. The lowest BCUT2D eigenvalue weighted by Crippen LogP contribution is -2.10. The standard InChI is InChI=1S/C17H18FNO2/c1-11-6-4-5-7-14(11)12(2)19-16-10-13(17(20)21-3)8-9-15(16)18/h4-10,12,19H,1-3H3.